The second kappa shape index (κ2) is 11.2. The molecule has 2 heterocycles. The fourth-order valence-electron chi connectivity index (χ4n) is 4.64. The lowest BCUT2D eigenvalue weighted by Gasteiger charge is -2.40. The molecule has 0 bridgehead atoms. The van der Waals surface area contributed by atoms with E-state index in [2.05, 4.69) is 0 Å². The Morgan fingerprint density at radius 2 is 1.49 bits per heavy atom. The topological polar surface area (TPSA) is 226 Å². The summed E-state index contributed by atoms with van der Waals surface area (Å²) in [5.74, 6) is -4.48. The maximum Gasteiger partial charge on any atom is 0.338 e. The monoisotopic (exact) mass is 598 g/mol. The molecule has 226 valence electrons. The lowest BCUT2D eigenvalue weighted by molar-refractivity contribution is -0.267. The molecule has 0 saturated carbocycles. The van der Waals surface area contributed by atoms with Crippen LogP contribution in [0.1, 0.15) is 17.3 Å². The number of hydrogen-bond acceptors (Lipinski definition) is 14. The summed E-state index contributed by atoms with van der Waals surface area (Å²) in [6, 6.07) is 9.30. The van der Waals surface area contributed by atoms with E-state index in [1.807, 2.05) is 0 Å². The van der Waals surface area contributed by atoms with Gasteiger partial charge in [0.2, 0.25) is 23.2 Å². The van der Waals surface area contributed by atoms with Crippen molar-refractivity contribution in [3.05, 3.63) is 64.3 Å². The summed E-state index contributed by atoms with van der Waals surface area (Å²) < 4.78 is 27.4. The second-order valence-corrected chi connectivity index (χ2v) is 9.70. The second-order valence-electron chi connectivity index (χ2n) is 9.70. The number of aliphatic hydroxyl groups is 2. The lowest BCUT2D eigenvalue weighted by atomic mass is 9.99. The highest BCUT2D eigenvalue weighted by atomic mass is 16.7. The summed E-state index contributed by atoms with van der Waals surface area (Å²) in [5.41, 5.74) is -1.25. The third-order valence-electron chi connectivity index (χ3n) is 6.80. The van der Waals surface area contributed by atoms with Crippen molar-refractivity contribution in [3.8, 4) is 51.6 Å². The molecule has 1 fully saturated rings. The molecule has 0 unspecified atom stereocenters. The van der Waals surface area contributed by atoms with Gasteiger partial charge in [-0.25, -0.2) is 4.79 Å². The molecule has 14 heteroatoms. The van der Waals surface area contributed by atoms with Gasteiger partial charge in [-0.2, -0.15) is 0 Å². The van der Waals surface area contributed by atoms with E-state index in [4.69, 9.17) is 23.4 Å². The molecule has 1 aromatic heterocycles. The number of carbonyl (C=O) groups excluding carboxylic acids is 1. The average molecular weight is 599 g/mol. The molecule has 5 rings (SSSR count). The molecule has 0 amide bonds. The standard InChI is InChI=1S/C29H26O14/c1-11-21(35)26(42-28(38)13-7-17(33)25(39-2)18(34)8-13)23(37)29(40-11)43-27-22(36)20-16(32)9-15(31)10-19(20)41-24(27)12-3-5-14(30)6-4-12/h3-11,21,23,26,29-35,37H,1-2H3/t11-,21-,23+,26+,29-/m1/s1. The van der Waals surface area contributed by atoms with E-state index in [0.29, 0.717) is 0 Å². The number of benzene rings is 3. The first-order chi connectivity index (χ1) is 20.4. The average Bonchev–Trinajstić information content (AvgIpc) is 2.95. The zero-order valence-electron chi connectivity index (χ0n) is 22.5. The summed E-state index contributed by atoms with van der Waals surface area (Å²) >= 11 is 0. The van der Waals surface area contributed by atoms with Crippen LogP contribution in [0.15, 0.2) is 57.7 Å². The predicted octanol–water partition coefficient (Wildman–Crippen LogP) is 2.07. The van der Waals surface area contributed by atoms with Gasteiger partial charge in [-0.05, 0) is 43.3 Å². The van der Waals surface area contributed by atoms with Gasteiger partial charge in [-0.15, -0.1) is 0 Å². The van der Waals surface area contributed by atoms with Gasteiger partial charge in [0, 0.05) is 17.7 Å². The third kappa shape index (κ3) is 5.41. The fraction of sp³-hybridized carbons (Fsp3) is 0.241. The number of carbonyl (C=O) groups is 1. The Kier molecular flexibility index (Phi) is 7.67. The Balaban J connectivity index is 1.52. The number of hydrogen-bond donors (Lipinski definition) is 7. The maximum atomic E-state index is 13.6. The van der Waals surface area contributed by atoms with E-state index in [9.17, 15) is 45.3 Å². The number of phenolic OH excluding ortho intramolecular Hbond substituents is 5. The van der Waals surface area contributed by atoms with Gasteiger partial charge < -0.3 is 59.1 Å². The maximum absolute atomic E-state index is 13.6. The zero-order valence-corrected chi connectivity index (χ0v) is 22.5. The van der Waals surface area contributed by atoms with E-state index in [0.717, 1.165) is 24.3 Å². The number of aromatic hydroxyl groups is 5. The van der Waals surface area contributed by atoms with Crippen molar-refractivity contribution in [3.63, 3.8) is 0 Å². The highest BCUT2D eigenvalue weighted by Gasteiger charge is 2.47. The molecular weight excluding hydrogens is 572 g/mol. The molecule has 3 aromatic carbocycles. The van der Waals surface area contributed by atoms with Crippen molar-refractivity contribution in [2.75, 3.05) is 7.11 Å². The molecule has 1 saturated heterocycles. The van der Waals surface area contributed by atoms with Crippen molar-refractivity contribution in [1.82, 2.24) is 0 Å². The molecule has 7 N–H and O–H groups in total. The van der Waals surface area contributed by atoms with E-state index < -0.39 is 70.9 Å². The number of phenols is 5. The van der Waals surface area contributed by atoms with Crippen LogP contribution >= 0.6 is 0 Å². The molecule has 1 aliphatic heterocycles. The van der Waals surface area contributed by atoms with Crippen LogP contribution in [0.3, 0.4) is 0 Å². The Morgan fingerprint density at radius 1 is 0.837 bits per heavy atom. The van der Waals surface area contributed by atoms with Crippen molar-refractivity contribution in [2.45, 2.75) is 37.6 Å². The van der Waals surface area contributed by atoms with Crippen LogP contribution < -0.4 is 14.9 Å². The first kappa shape index (κ1) is 29.3. The SMILES string of the molecule is COc1c(O)cc(C(=O)O[C@@H]2[C@H](O)[C@@H](Oc3c(-c4ccc(O)cc4)oc4cc(O)cc(O)c4c3=O)O[C@H](C)[C@H]2O)cc1O. The molecule has 1 aliphatic rings. The Morgan fingerprint density at radius 3 is 2.12 bits per heavy atom. The summed E-state index contributed by atoms with van der Waals surface area (Å²) in [6.07, 6.45) is -8.06. The smallest absolute Gasteiger partial charge is 0.338 e. The Bertz CT molecular complexity index is 1720. The van der Waals surface area contributed by atoms with Crippen molar-refractivity contribution in [1.29, 1.82) is 0 Å². The van der Waals surface area contributed by atoms with Crippen molar-refractivity contribution in [2.24, 2.45) is 0 Å². The van der Waals surface area contributed by atoms with Crippen molar-refractivity contribution >= 4 is 16.9 Å². The van der Waals surface area contributed by atoms with Gasteiger partial charge in [-0.1, -0.05) is 0 Å². The summed E-state index contributed by atoms with van der Waals surface area (Å²) in [7, 11) is 1.19. The first-order valence-corrected chi connectivity index (χ1v) is 12.7. The minimum atomic E-state index is -1.91. The Labute approximate surface area is 241 Å². The number of methoxy groups -OCH3 is 1. The van der Waals surface area contributed by atoms with Crippen LogP contribution in [0.25, 0.3) is 22.3 Å². The van der Waals surface area contributed by atoms with E-state index in [1.165, 1.54) is 38.3 Å². The molecule has 43 heavy (non-hydrogen) atoms. The van der Waals surface area contributed by atoms with Gasteiger partial charge in [-0.3, -0.25) is 4.79 Å². The third-order valence-corrected chi connectivity index (χ3v) is 6.80. The van der Waals surface area contributed by atoms with Crippen LogP contribution in [0.2, 0.25) is 0 Å². The van der Waals surface area contributed by atoms with Gasteiger partial charge in [0.15, 0.2) is 29.5 Å². The highest BCUT2D eigenvalue weighted by Crippen LogP contribution is 2.39. The number of fused-ring (bicyclic) bond motifs is 1. The van der Waals surface area contributed by atoms with Gasteiger partial charge in [0.1, 0.15) is 34.3 Å². The number of aliphatic hydroxyl groups excluding tert-OH is 2. The molecule has 14 nitrogen and oxygen atoms in total. The van der Waals surface area contributed by atoms with Crippen LogP contribution in [0.5, 0.6) is 40.2 Å². The van der Waals surface area contributed by atoms with Crippen LogP contribution in [-0.4, -0.2) is 79.5 Å². The van der Waals surface area contributed by atoms with E-state index >= 15 is 0 Å². The Hall–Kier alpha value is -5.18. The summed E-state index contributed by atoms with van der Waals surface area (Å²) in [4.78, 5) is 26.5. The molecule has 4 aromatic rings. The van der Waals surface area contributed by atoms with Gasteiger partial charge in [0.25, 0.3) is 0 Å². The van der Waals surface area contributed by atoms with Crippen LogP contribution in [-0.2, 0) is 9.47 Å². The van der Waals surface area contributed by atoms with Crippen molar-refractivity contribution < 1.29 is 63.9 Å². The van der Waals surface area contributed by atoms with E-state index in [-0.39, 0.29) is 39.4 Å². The predicted molar refractivity (Wildman–Crippen MR) is 145 cm³/mol. The van der Waals surface area contributed by atoms with Gasteiger partial charge in [0.05, 0.1) is 18.8 Å². The number of rotatable bonds is 6. The molecule has 0 spiro atoms. The normalized spacial score (nSPS) is 21.8. The summed E-state index contributed by atoms with van der Waals surface area (Å²) in [6.45, 7) is 1.39. The molecule has 0 radical (unpaired) electrons. The minimum absolute atomic E-state index is 0.0957. The molecule has 5 atom stereocenters. The molecular formula is C29H26O14. The fourth-order valence-corrected chi connectivity index (χ4v) is 4.64. The van der Waals surface area contributed by atoms with Crippen LogP contribution in [0.4, 0.5) is 0 Å². The largest absolute Gasteiger partial charge is 0.508 e. The quantitative estimate of drug-likeness (QED) is 0.158. The number of esters is 1. The van der Waals surface area contributed by atoms with Gasteiger partial charge >= 0.3 is 5.97 Å². The number of ether oxygens (including phenoxy) is 4. The lowest BCUT2D eigenvalue weighted by Crippen LogP contribution is -2.59. The van der Waals surface area contributed by atoms with E-state index in [1.54, 1.807) is 0 Å². The summed E-state index contributed by atoms with van der Waals surface area (Å²) in [5, 5.41) is 71.5. The highest BCUT2D eigenvalue weighted by molar-refractivity contribution is 5.91. The first-order valence-electron chi connectivity index (χ1n) is 12.7. The molecule has 0 aliphatic carbocycles. The van der Waals surface area contributed by atoms with Crippen LogP contribution in [0, 0.1) is 0 Å². The minimum Gasteiger partial charge on any atom is -0.508 e. The zero-order chi connectivity index (χ0) is 31.2.